The van der Waals surface area contributed by atoms with Crippen molar-refractivity contribution < 1.29 is 27.4 Å². The van der Waals surface area contributed by atoms with E-state index in [1.807, 2.05) is 12.3 Å². The number of rotatable bonds is 6. The molecular formula is C26H28F3N5O3. The number of para-hydroxylation sites is 1. The molecule has 4 atom stereocenters. The lowest BCUT2D eigenvalue weighted by molar-refractivity contribution is -0.136. The number of imidazole rings is 1. The molecule has 0 radical (unpaired) electrons. The van der Waals surface area contributed by atoms with Gasteiger partial charge in [0.05, 0.1) is 42.4 Å². The highest BCUT2D eigenvalue weighted by molar-refractivity contribution is 5.82. The number of aryl methyl sites for hydroxylation is 1. The molecule has 3 unspecified atom stereocenters. The van der Waals surface area contributed by atoms with Crippen molar-refractivity contribution in [2.45, 2.75) is 56.2 Å². The monoisotopic (exact) mass is 515 g/mol. The second kappa shape index (κ2) is 9.70. The van der Waals surface area contributed by atoms with Gasteiger partial charge >= 0.3 is 6.18 Å². The van der Waals surface area contributed by atoms with Crippen LogP contribution in [0.1, 0.15) is 41.5 Å². The second-order valence-corrected chi connectivity index (χ2v) is 9.98. The first-order chi connectivity index (χ1) is 17.8. The molecule has 37 heavy (non-hydrogen) atoms. The zero-order valence-electron chi connectivity index (χ0n) is 20.1. The van der Waals surface area contributed by atoms with Crippen molar-refractivity contribution in [1.82, 2.24) is 25.2 Å². The van der Waals surface area contributed by atoms with E-state index in [-0.39, 0.29) is 53.5 Å². The first-order valence-electron chi connectivity index (χ1n) is 12.6. The summed E-state index contributed by atoms with van der Waals surface area (Å²) >= 11 is 0. The van der Waals surface area contributed by atoms with Crippen LogP contribution in [0.4, 0.5) is 13.2 Å². The largest absolute Gasteiger partial charge is 0.418 e. The number of aromatic nitrogens is 3. The van der Waals surface area contributed by atoms with E-state index in [1.165, 1.54) is 17.7 Å². The third kappa shape index (κ3) is 4.95. The van der Waals surface area contributed by atoms with Crippen molar-refractivity contribution in [2.24, 2.45) is 0 Å². The molecule has 196 valence electrons. The molecule has 3 aliphatic rings. The number of H-pyrrole nitrogens is 1. The van der Waals surface area contributed by atoms with E-state index in [1.54, 1.807) is 6.20 Å². The molecule has 3 aromatic rings. The van der Waals surface area contributed by atoms with E-state index in [0.29, 0.717) is 19.7 Å². The average molecular weight is 516 g/mol. The third-order valence-corrected chi connectivity index (χ3v) is 7.56. The molecular weight excluding hydrogens is 487 g/mol. The van der Waals surface area contributed by atoms with Crippen LogP contribution in [0.15, 0.2) is 36.7 Å². The van der Waals surface area contributed by atoms with Gasteiger partial charge in [0.1, 0.15) is 11.3 Å². The Balaban J connectivity index is 1.17. The molecule has 4 heterocycles. The van der Waals surface area contributed by atoms with E-state index in [0.717, 1.165) is 37.5 Å². The summed E-state index contributed by atoms with van der Waals surface area (Å²) in [5, 5.41) is 3.08. The van der Waals surface area contributed by atoms with Crippen LogP contribution in [0.2, 0.25) is 0 Å². The molecule has 2 N–H and O–H groups in total. The number of pyridine rings is 1. The van der Waals surface area contributed by atoms with Crippen molar-refractivity contribution >= 4 is 16.9 Å². The van der Waals surface area contributed by atoms with Crippen LogP contribution in [0, 0.1) is 0 Å². The van der Waals surface area contributed by atoms with Crippen molar-refractivity contribution in [2.75, 3.05) is 26.3 Å². The van der Waals surface area contributed by atoms with Gasteiger partial charge in [0.25, 0.3) is 0 Å². The molecule has 1 aliphatic carbocycles. The maximum Gasteiger partial charge on any atom is 0.418 e. The molecule has 0 spiro atoms. The number of alkyl halides is 3. The molecule has 11 heteroatoms. The Bertz CT molecular complexity index is 1290. The lowest BCUT2D eigenvalue weighted by Crippen LogP contribution is -2.45. The lowest BCUT2D eigenvalue weighted by Gasteiger charge is -2.24. The summed E-state index contributed by atoms with van der Waals surface area (Å²) in [5.74, 6) is -0.121. The number of nitrogens with zero attached hydrogens (tertiary/aromatic N) is 3. The van der Waals surface area contributed by atoms with Gasteiger partial charge < -0.3 is 19.8 Å². The van der Waals surface area contributed by atoms with Crippen molar-refractivity contribution in [1.29, 1.82) is 0 Å². The number of hydrogen-bond acceptors (Lipinski definition) is 6. The maximum absolute atomic E-state index is 13.4. The number of nitrogens with one attached hydrogen (secondary N) is 2. The Hall–Kier alpha value is -3.02. The molecule has 1 amide bonds. The fourth-order valence-corrected chi connectivity index (χ4v) is 5.75. The number of aromatic amines is 1. The minimum Gasteiger partial charge on any atom is -0.380 e. The van der Waals surface area contributed by atoms with E-state index in [4.69, 9.17) is 9.47 Å². The van der Waals surface area contributed by atoms with Crippen LogP contribution in [0.3, 0.4) is 0 Å². The first-order valence-corrected chi connectivity index (χ1v) is 12.6. The first kappa shape index (κ1) is 24.3. The summed E-state index contributed by atoms with van der Waals surface area (Å²) in [6.45, 7) is 2.68. The Morgan fingerprint density at radius 3 is 2.95 bits per heavy atom. The van der Waals surface area contributed by atoms with Crippen LogP contribution in [-0.4, -0.2) is 70.2 Å². The zero-order valence-corrected chi connectivity index (χ0v) is 20.1. The number of halogens is 3. The predicted molar refractivity (Wildman–Crippen MR) is 128 cm³/mol. The number of benzene rings is 1. The van der Waals surface area contributed by atoms with Crippen LogP contribution in [-0.2, 0) is 33.3 Å². The second-order valence-electron chi connectivity index (χ2n) is 9.98. The van der Waals surface area contributed by atoms with Gasteiger partial charge in [-0.2, -0.15) is 13.2 Å². The zero-order chi connectivity index (χ0) is 25.6. The van der Waals surface area contributed by atoms with Gasteiger partial charge in [-0.15, -0.1) is 0 Å². The number of likely N-dealkylation sites (tertiary alicyclic amines) is 1. The van der Waals surface area contributed by atoms with E-state index >= 15 is 0 Å². The molecule has 1 aromatic carbocycles. The van der Waals surface area contributed by atoms with Crippen LogP contribution in [0.5, 0.6) is 0 Å². The van der Waals surface area contributed by atoms with E-state index < -0.39 is 11.7 Å². The van der Waals surface area contributed by atoms with Gasteiger partial charge in [-0.1, -0.05) is 6.07 Å². The Morgan fingerprint density at radius 1 is 1.24 bits per heavy atom. The smallest absolute Gasteiger partial charge is 0.380 e. The quantitative estimate of drug-likeness (QED) is 0.524. The standard InChI is InChI=1S/C26H28F3N5O3/c27-26(28,29)18-2-1-3-19-25(18)33-23(31-19)10-24(35)32-20-12-34(16-7-9-36-14-16)13-22(20)37-21-5-4-15-11-30-8-6-17(15)21/h1-3,6,8,11,16,20-22H,4-5,7,9-10,12-14H2,(H,31,33)(H,32,35)/t16?,20?,21?,22-/m0/s1. The Morgan fingerprint density at radius 2 is 2.14 bits per heavy atom. The highest BCUT2D eigenvalue weighted by atomic mass is 19.4. The average Bonchev–Trinajstić information content (AvgIpc) is 3.65. The Kier molecular flexibility index (Phi) is 6.37. The fourth-order valence-electron chi connectivity index (χ4n) is 5.75. The number of ether oxygens (including phenoxy) is 2. The summed E-state index contributed by atoms with van der Waals surface area (Å²) < 4.78 is 52.2. The van der Waals surface area contributed by atoms with Gasteiger partial charge in [0.15, 0.2) is 0 Å². The number of hydrogen-bond donors (Lipinski definition) is 2. The van der Waals surface area contributed by atoms with Crippen molar-refractivity contribution in [3.63, 3.8) is 0 Å². The minimum atomic E-state index is -4.52. The van der Waals surface area contributed by atoms with Crippen molar-refractivity contribution in [3.05, 3.63) is 59.2 Å². The molecule has 2 aliphatic heterocycles. The summed E-state index contributed by atoms with van der Waals surface area (Å²) in [7, 11) is 0. The maximum atomic E-state index is 13.4. The van der Waals surface area contributed by atoms with Crippen LogP contribution < -0.4 is 5.32 Å². The van der Waals surface area contributed by atoms with E-state index in [9.17, 15) is 18.0 Å². The van der Waals surface area contributed by atoms with Crippen LogP contribution in [0.25, 0.3) is 11.0 Å². The molecule has 8 nitrogen and oxygen atoms in total. The normalized spacial score (nSPS) is 26.1. The summed E-state index contributed by atoms with van der Waals surface area (Å²) in [5.41, 5.74) is 1.59. The molecule has 0 bridgehead atoms. The van der Waals surface area contributed by atoms with Gasteiger partial charge in [0, 0.05) is 38.1 Å². The molecule has 2 saturated heterocycles. The summed E-state index contributed by atoms with van der Waals surface area (Å²) in [4.78, 5) is 26.5. The molecule has 0 saturated carbocycles. The summed E-state index contributed by atoms with van der Waals surface area (Å²) in [6.07, 6.45) is 1.41. The van der Waals surface area contributed by atoms with Gasteiger partial charge in [-0.3, -0.25) is 14.7 Å². The highest BCUT2D eigenvalue weighted by Crippen LogP contribution is 2.36. The number of fused-ring (bicyclic) bond motifs is 2. The van der Waals surface area contributed by atoms with Crippen LogP contribution >= 0.6 is 0 Å². The number of carbonyl (C=O) groups excluding carboxylic acids is 1. The Labute approximate surface area is 211 Å². The summed E-state index contributed by atoms with van der Waals surface area (Å²) in [6, 6.07) is 5.86. The van der Waals surface area contributed by atoms with Gasteiger partial charge in [-0.25, -0.2) is 4.98 Å². The van der Waals surface area contributed by atoms with Gasteiger partial charge in [-0.05, 0) is 48.6 Å². The number of amides is 1. The predicted octanol–water partition coefficient (Wildman–Crippen LogP) is 3.18. The minimum absolute atomic E-state index is 0.0571. The lowest BCUT2D eigenvalue weighted by atomic mass is 10.1. The van der Waals surface area contributed by atoms with E-state index in [2.05, 4.69) is 25.2 Å². The highest BCUT2D eigenvalue weighted by Gasteiger charge is 2.41. The van der Waals surface area contributed by atoms with Gasteiger partial charge in [0.2, 0.25) is 5.91 Å². The topological polar surface area (TPSA) is 92.4 Å². The molecule has 2 fully saturated rings. The fraction of sp³-hybridized carbons (Fsp3) is 0.500. The molecule has 2 aromatic heterocycles. The number of carbonyl (C=O) groups is 1. The molecule has 6 rings (SSSR count). The SMILES string of the molecule is O=C(Cc1nc2c(C(F)(F)F)cccc2[nH]1)NC1CN(C2CCOC2)C[C@@H]1OC1CCc2cnccc21. The van der Waals surface area contributed by atoms with Crippen molar-refractivity contribution in [3.8, 4) is 0 Å². The third-order valence-electron chi connectivity index (χ3n) is 7.56.